The van der Waals surface area contributed by atoms with Crippen LogP contribution in [0.3, 0.4) is 0 Å². The van der Waals surface area contributed by atoms with Gasteiger partial charge in [-0.2, -0.15) is 0 Å². The number of nitrogens with zero attached hydrogens (tertiary/aromatic N) is 1. The van der Waals surface area contributed by atoms with Gasteiger partial charge in [0.25, 0.3) is 0 Å². The lowest BCUT2D eigenvalue weighted by molar-refractivity contribution is -0.135. The number of hydrogen-bond donors (Lipinski definition) is 9. The molecule has 0 bridgehead atoms. The first-order chi connectivity index (χ1) is 27.5. The van der Waals surface area contributed by atoms with E-state index in [1.807, 2.05) is 53.9 Å². The van der Waals surface area contributed by atoms with E-state index in [0.717, 1.165) is 32.1 Å². The number of rotatable bonds is 19. The van der Waals surface area contributed by atoms with Gasteiger partial charge in [-0.05, 0) is 85.8 Å². The summed E-state index contributed by atoms with van der Waals surface area (Å²) in [5, 5.41) is 20.2. The minimum Gasteiger partial charge on any atom is -0.368 e. The third kappa shape index (κ3) is 10.6. The Hall–Kier alpha value is -5.20. The minimum atomic E-state index is -1.21. The van der Waals surface area contributed by atoms with Crippen LogP contribution in [-0.2, 0) is 43.2 Å². The Labute approximate surface area is 338 Å². The standard InChI is InChI=1S/C40H50N10O5S2/c41-14-6-5-10-30(35(42)51)47-38(54)33(19-26-22-56-23-46-26)49-36(52)31(17-24-20-45-29-9-3-1-7-27(24)29)48-37(53)32(50-39(55)40(43)12-15-44-16-13-40)18-25-21-57-34-11-4-2-8-28(25)34/h1-4,7-9,11,20-23,30-33,44-45H,5-6,10,12-19,41,43H2,(H2,42,51)(H,47,54)(H,48,53)(H,49,52)(H,50,55)/t30-,31+,32+,33-/m0/s1. The van der Waals surface area contributed by atoms with E-state index in [9.17, 15) is 24.0 Å². The number of H-pyrrole nitrogens is 1. The second-order valence-corrected chi connectivity index (χ2v) is 16.1. The number of benzene rings is 2. The predicted molar refractivity (Wildman–Crippen MR) is 222 cm³/mol. The molecule has 5 aromatic rings. The smallest absolute Gasteiger partial charge is 0.243 e. The Kier molecular flexibility index (Phi) is 14.0. The number of para-hydroxylation sites is 1. The lowest BCUT2D eigenvalue weighted by atomic mass is 9.88. The third-order valence-electron chi connectivity index (χ3n) is 10.4. The van der Waals surface area contributed by atoms with Crippen LogP contribution < -0.4 is 43.8 Å². The summed E-state index contributed by atoms with van der Waals surface area (Å²) in [6, 6.07) is 10.9. The fourth-order valence-corrected chi connectivity index (χ4v) is 8.65. The summed E-state index contributed by atoms with van der Waals surface area (Å²) in [5.74, 6) is -3.03. The van der Waals surface area contributed by atoms with E-state index in [1.165, 1.54) is 22.7 Å². The summed E-state index contributed by atoms with van der Waals surface area (Å²) < 4.78 is 1.03. The SMILES string of the molecule is NCCCC[C@H](NC(=O)[C@H](Cc1cscn1)NC(=O)[C@@H](Cc1c[nH]c2ccccc12)NC(=O)[C@@H](Cc1csc2ccccc12)NC(=O)C1(N)CCNCC1)C(N)=O. The highest BCUT2D eigenvalue weighted by atomic mass is 32.1. The van der Waals surface area contributed by atoms with Crippen LogP contribution in [0.2, 0.25) is 0 Å². The van der Waals surface area contributed by atoms with Gasteiger partial charge in [0.1, 0.15) is 24.2 Å². The lowest BCUT2D eigenvalue weighted by Gasteiger charge is -2.34. The Morgan fingerprint density at radius 3 is 2.09 bits per heavy atom. The minimum absolute atomic E-state index is 0.0143. The van der Waals surface area contributed by atoms with Crippen LogP contribution in [0.25, 0.3) is 21.0 Å². The number of primary amides is 1. The predicted octanol–water partition coefficient (Wildman–Crippen LogP) is 1.50. The van der Waals surface area contributed by atoms with Gasteiger partial charge in [-0.1, -0.05) is 36.4 Å². The lowest BCUT2D eigenvalue weighted by Crippen LogP contribution is -2.63. The quantitative estimate of drug-likeness (QED) is 0.0547. The summed E-state index contributed by atoms with van der Waals surface area (Å²) in [6.45, 7) is 1.54. The number of aromatic amines is 1. The van der Waals surface area contributed by atoms with Gasteiger partial charge in [0.15, 0.2) is 0 Å². The zero-order valence-electron chi connectivity index (χ0n) is 31.6. The molecule has 17 heteroatoms. The summed E-state index contributed by atoms with van der Waals surface area (Å²) in [6.07, 6.45) is 4.26. The van der Waals surface area contributed by atoms with E-state index in [1.54, 1.807) is 17.1 Å². The molecule has 0 saturated carbocycles. The van der Waals surface area contributed by atoms with Crippen LogP contribution in [0.15, 0.2) is 71.0 Å². The molecule has 0 spiro atoms. The van der Waals surface area contributed by atoms with Crippen LogP contribution in [-0.4, -0.2) is 88.8 Å². The van der Waals surface area contributed by atoms with Gasteiger partial charge >= 0.3 is 0 Å². The van der Waals surface area contributed by atoms with E-state index in [-0.39, 0.29) is 25.7 Å². The zero-order chi connectivity index (χ0) is 40.4. The second kappa shape index (κ2) is 19.3. The van der Waals surface area contributed by atoms with Crippen molar-refractivity contribution < 1.29 is 24.0 Å². The molecule has 1 fully saturated rings. The maximum atomic E-state index is 14.5. The number of carbonyl (C=O) groups excluding carboxylic acids is 5. The first-order valence-corrected chi connectivity index (χ1v) is 20.9. The summed E-state index contributed by atoms with van der Waals surface area (Å²) in [7, 11) is 0. The molecule has 1 aliphatic heterocycles. The molecule has 0 unspecified atom stereocenters. The average Bonchev–Trinajstić information content (AvgIpc) is 3.98. The molecule has 12 N–H and O–H groups in total. The fourth-order valence-electron chi connectivity index (χ4n) is 7.10. The van der Waals surface area contributed by atoms with Crippen molar-refractivity contribution in [1.29, 1.82) is 0 Å². The number of piperidine rings is 1. The summed E-state index contributed by atoms with van der Waals surface area (Å²) >= 11 is 2.87. The van der Waals surface area contributed by atoms with Crippen molar-refractivity contribution >= 4 is 73.2 Å². The number of carbonyl (C=O) groups is 5. The van der Waals surface area contributed by atoms with Gasteiger partial charge < -0.3 is 48.8 Å². The van der Waals surface area contributed by atoms with Crippen molar-refractivity contribution in [2.45, 2.75) is 81.1 Å². The molecule has 0 radical (unpaired) electrons. The van der Waals surface area contributed by atoms with Crippen molar-refractivity contribution in [3.63, 3.8) is 0 Å². The molecule has 1 saturated heterocycles. The van der Waals surface area contributed by atoms with Crippen molar-refractivity contribution in [2.24, 2.45) is 17.2 Å². The van der Waals surface area contributed by atoms with Crippen molar-refractivity contribution in [3.05, 3.63) is 87.8 Å². The average molecular weight is 815 g/mol. The van der Waals surface area contributed by atoms with E-state index in [2.05, 4.69) is 36.6 Å². The van der Waals surface area contributed by atoms with Crippen molar-refractivity contribution in [3.8, 4) is 0 Å². The molecule has 1 aliphatic rings. The summed E-state index contributed by atoms with van der Waals surface area (Å²) in [5.41, 5.74) is 21.3. The van der Waals surface area contributed by atoms with Gasteiger partial charge in [-0.15, -0.1) is 22.7 Å². The first kappa shape index (κ1) is 41.4. The van der Waals surface area contributed by atoms with Crippen LogP contribution >= 0.6 is 22.7 Å². The Morgan fingerprint density at radius 1 is 0.772 bits per heavy atom. The maximum absolute atomic E-state index is 14.5. The Bertz CT molecular complexity index is 2160. The zero-order valence-corrected chi connectivity index (χ0v) is 33.2. The first-order valence-electron chi connectivity index (χ1n) is 19.1. The van der Waals surface area contributed by atoms with Gasteiger partial charge in [-0.3, -0.25) is 24.0 Å². The maximum Gasteiger partial charge on any atom is 0.243 e. The number of nitrogens with two attached hydrogens (primary N) is 3. The summed E-state index contributed by atoms with van der Waals surface area (Å²) in [4.78, 5) is 76.6. The van der Waals surface area contributed by atoms with Crippen LogP contribution in [0.4, 0.5) is 0 Å². The number of thiazole rings is 1. The highest BCUT2D eigenvalue weighted by Crippen LogP contribution is 2.27. The van der Waals surface area contributed by atoms with Crippen LogP contribution in [0.5, 0.6) is 0 Å². The topological polar surface area (TPSA) is 252 Å². The van der Waals surface area contributed by atoms with Crippen molar-refractivity contribution in [1.82, 2.24) is 36.6 Å². The molecule has 4 atom stereocenters. The number of nitrogens with one attached hydrogen (secondary N) is 6. The third-order valence-corrected chi connectivity index (χ3v) is 12.1. The number of aromatic nitrogens is 2. The molecule has 5 amide bonds. The molecule has 3 aromatic heterocycles. The Morgan fingerprint density at radius 2 is 1.40 bits per heavy atom. The molecule has 6 rings (SSSR count). The number of thiophene rings is 1. The van der Waals surface area contributed by atoms with Gasteiger partial charge in [0, 0.05) is 46.4 Å². The molecule has 302 valence electrons. The largest absolute Gasteiger partial charge is 0.368 e. The van der Waals surface area contributed by atoms with Crippen LogP contribution in [0.1, 0.15) is 48.9 Å². The molecule has 57 heavy (non-hydrogen) atoms. The molecular formula is C40H50N10O5S2. The molecule has 0 aliphatic carbocycles. The van der Waals surface area contributed by atoms with Gasteiger partial charge in [0.2, 0.25) is 29.5 Å². The molecular weight excluding hydrogens is 765 g/mol. The number of fused-ring (bicyclic) bond motifs is 2. The number of hydrogen-bond acceptors (Lipinski definition) is 11. The monoisotopic (exact) mass is 814 g/mol. The van der Waals surface area contributed by atoms with E-state index < -0.39 is 59.2 Å². The highest BCUT2D eigenvalue weighted by Gasteiger charge is 2.39. The molecule has 4 heterocycles. The number of unbranched alkanes of at least 4 members (excludes halogenated alkanes) is 1. The fraction of sp³-hybridized carbons (Fsp3) is 0.400. The van der Waals surface area contributed by atoms with E-state index >= 15 is 0 Å². The highest BCUT2D eigenvalue weighted by molar-refractivity contribution is 7.17. The van der Waals surface area contributed by atoms with E-state index in [4.69, 9.17) is 17.2 Å². The second-order valence-electron chi connectivity index (χ2n) is 14.5. The Balaban J connectivity index is 1.29. The molecule has 15 nitrogen and oxygen atoms in total. The van der Waals surface area contributed by atoms with E-state index in [0.29, 0.717) is 51.0 Å². The van der Waals surface area contributed by atoms with Gasteiger partial charge in [-0.25, -0.2) is 4.98 Å². The molecule has 2 aromatic carbocycles. The normalized spacial score (nSPS) is 16.0. The van der Waals surface area contributed by atoms with Crippen LogP contribution in [0, 0.1) is 0 Å². The van der Waals surface area contributed by atoms with Crippen molar-refractivity contribution in [2.75, 3.05) is 19.6 Å². The van der Waals surface area contributed by atoms with Gasteiger partial charge in [0.05, 0.1) is 16.7 Å². The number of amides is 5.